The van der Waals surface area contributed by atoms with Gasteiger partial charge in [0.15, 0.2) is 0 Å². The average Bonchev–Trinajstić information content (AvgIpc) is 3.32. The predicted molar refractivity (Wildman–Crippen MR) is 126 cm³/mol. The van der Waals surface area contributed by atoms with Crippen molar-refractivity contribution in [3.63, 3.8) is 0 Å². The van der Waals surface area contributed by atoms with Gasteiger partial charge in [0.05, 0.1) is 11.0 Å². The summed E-state index contributed by atoms with van der Waals surface area (Å²) in [5.74, 6) is 1.25. The van der Waals surface area contributed by atoms with Crippen LogP contribution in [-0.2, 0) is 11.3 Å². The van der Waals surface area contributed by atoms with Crippen molar-refractivity contribution >= 4 is 22.6 Å². The molecule has 1 aromatic heterocycles. The number of nitrogens with zero attached hydrogens (tertiary/aromatic N) is 3. The van der Waals surface area contributed by atoms with E-state index in [4.69, 9.17) is 4.98 Å². The minimum absolute atomic E-state index is 0.0737. The van der Waals surface area contributed by atoms with E-state index in [-0.39, 0.29) is 11.8 Å². The molecule has 31 heavy (non-hydrogen) atoms. The molecule has 0 N–H and O–H groups in total. The van der Waals surface area contributed by atoms with Crippen molar-refractivity contribution in [2.75, 3.05) is 11.4 Å². The van der Waals surface area contributed by atoms with E-state index in [2.05, 4.69) is 67.8 Å². The van der Waals surface area contributed by atoms with Gasteiger partial charge in [-0.25, -0.2) is 4.98 Å². The van der Waals surface area contributed by atoms with Gasteiger partial charge in [-0.2, -0.15) is 0 Å². The number of carbonyl (C=O) groups is 1. The summed E-state index contributed by atoms with van der Waals surface area (Å²) in [6.07, 6.45) is 0.491. The first-order valence-electron chi connectivity index (χ1n) is 10.9. The largest absolute Gasteiger partial charge is 0.323 e. The Morgan fingerprint density at radius 1 is 0.935 bits per heavy atom. The summed E-state index contributed by atoms with van der Waals surface area (Å²) < 4.78 is 2.32. The molecule has 4 heteroatoms. The number of amides is 1. The third kappa shape index (κ3) is 3.52. The molecule has 3 aromatic carbocycles. The van der Waals surface area contributed by atoms with Gasteiger partial charge in [-0.15, -0.1) is 0 Å². The summed E-state index contributed by atoms with van der Waals surface area (Å²) >= 11 is 0. The van der Waals surface area contributed by atoms with Gasteiger partial charge in [-0.1, -0.05) is 54.1 Å². The van der Waals surface area contributed by atoms with Crippen molar-refractivity contribution in [1.82, 2.24) is 9.55 Å². The van der Waals surface area contributed by atoms with Gasteiger partial charge < -0.3 is 9.47 Å². The molecule has 5 rings (SSSR count). The molecule has 1 amide bonds. The highest BCUT2D eigenvalue weighted by Crippen LogP contribution is 2.34. The highest BCUT2D eigenvalue weighted by atomic mass is 16.2. The minimum Gasteiger partial charge on any atom is -0.323 e. The maximum atomic E-state index is 13.0. The Morgan fingerprint density at radius 2 is 1.71 bits per heavy atom. The SMILES string of the molecule is Cc1ccc(C)c(Cn2c([C@H]3CC(=O)N(c4ccccc4C)C3)nc3ccccc32)c1. The van der Waals surface area contributed by atoms with Gasteiger partial charge in [0.25, 0.3) is 0 Å². The predicted octanol–water partition coefficient (Wildman–Crippen LogP) is 5.53. The number of rotatable bonds is 4. The maximum Gasteiger partial charge on any atom is 0.227 e. The molecule has 1 fully saturated rings. The van der Waals surface area contributed by atoms with E-state index in [1.165, 1.54) is 16.7 Å². The molecule has 1 atom stereocenters. The van der Waals surface area contributed by atoms with Crippen LogP contribution in [0.1, 0.15) is 40.4 Å². The molecule has 1 aliphatic rings. The summed E-state index contributed by atoms with van der Waals surface area (Å²) in [6, 6.07) is 23.0. The van der Waals surface area contributed by atoms with E-state index >= 15 is 0 Å². The van der Waals surface area contributed by atoms with Gasteiger partial charge in [-0.3, -0.25) is 4.79 Å². The van der Waals surface area contributed by atoms with Gasteiger partial charge in [-0.05, 0) is 55.7 Å². The van der Waals surface area contributed by atoms with E-state index in [9.17, 15) is 4.79 Å². The number of aryl methyl sites for hydroxylation is 3. The minimum atomic E-state index is 0.0737. The number of fused-ring (bicyclic) bond motifs is 1. The lowest BCUT2D eigenvalue weighted by Crippen LogP contribution is -2.25. The third-order valence-corrected chi connectivity index (χ3v) is 6.41. The molecule has 0 unspecified atom stereocenters. The summed E-state index contributed by atoms with van der Waals surface area (Å²) in [5, 5.41) is 0. The Balaban J connectivity index is 1.56. The fourth-order valence-corrected chi connectivity index (χ4v) is 4.69. The van der Waals surface area contributed by atoms with Crippen molar-refractivity contribution in [1.29, 1.82) is 0 Å². The molecule has 1 aliphatic heterocycles. The summed E-state index contributed by atoms with van der Waals surface area (Å²) in [7, 11) is 0. The lowest BCUT2D eigenvalue weighted by molar-refractivity contribution is -0.117. The molecular formula is C27H27N3O. The highest BCUT2D eigenvalue weighted by molar-refractivity contribution is 5.97. The number of carbonyl (C=O) groups excluding carboxylic acids is 1. The number of para-hydroxylation sites is 3. The second kappa shape index (κ2) is 7.69. The first kappa shape index (κ1) is 19.6. The van der Waals surface area contributed by atoms with Crippen LogP contribution in [0.15, 0.2) is 66.7 Å². The molecule has 156 valence electrons. The van der Waals surface area contributed by atoms with Crippen LogP contribution < -0.4 is 4.90 Å². The Bertz CT molecular complexity index is 1290. The Labute approximate surface area is 183 Å². The number of benzene rings is 3. The zero-order chi connectivity index (χ0) is 21.5. The van der Waals surface area contributed by atoms with Crippen LogP contribution >= 0.6 is 0 Å². The molecule has 0 radical (unpaired) electrons. The normalized spacial score (nSPS) is 16.4. The zero-order valence-electron chi connectivity index (χ0n) is 18.3. The number of hydrogen-bond acceptors (Lipinski definition) is 2. The van der Waals surface area contributed by atoms with Crippen molar-refractivity contribution < 1.29 is 4.79 Å². The van der Waals surface area contributed by atoms with Crippen LogP contribution in [0.5, 0.6) is 0 Å². The van der Waals surface area contributed by atoms with Crippen molar-refractivity contribution in [2.24, 2.45) is 0 Å². The van der Waals surface area contributed by atoms with E-state index in [0.29, 0.717) is 13.0 Å². The second-order valence-corrected chi connectivity index (χ2v) is 8.67. The van der Waals surface area contributed by atoms with E-state index in [1.807, 2.05) is 29.2 Å². The van der Waals surface area contributed by atoms with Crippen LogP contribution in [0.3, 0.4) is 0 Å². The van der Waals surface area contributed by atoms with Crippen LogP contribution in [0.4, 0.5) is 5.69 Å². The van der Waals surface area contributed by atoms with E-state index in [1.54, 1.807) is 0 Å². The van der Waals surface area contributed by atoms with Crippen molar-refractivity contribution in [3.8, 4) is 0 Å². The standard InChI is InChI=1S/C27H27N3O/c1-18-12-13-19(2)21(14-18)16-30-25-11-7-5-9-23(25)28-27(30)22-15-26(31)29(17-22)24-10-6-4-8-20(24)3/h4-14,22H,15-17H2,1-3H3/t22-/m0/s1. The quantitative estimate of drug-likeness (QED) is 0.444. The van der Waals surface area contributed by atoms with Gasteiger partial charge in [0, 0.05) is 31.1 Å². The molecule has 1 saturated heterocycles. The first-order chi connectivity index (χ1) is 15.0. The molecule has 4 nitrogen and oxygen atoms in total. The van der Waals surface area contributed by atoms with Crippen molar-refractivity contribution in [2.45, 2.75) is 39.7 Å². The number of aromatic nitrogens is 2. The van der Waals surface area contributed by atoms with Crippen LogP contribution in [0.2, 0.25) is 0 Å². The van der Waals surface area contributed by atoms with Gasteiger partial charge in [0.1, 0.15) is 5.82 Å². The van der Waals surface area contributed by atoms with E-state index in [0.717, 1.165) is 34.7 Å². The first-order valence-corrected chi connectivity index (χ1v) is 10.9. The summed E-state index contributed by atoms with van der Waals surface area (Å²) in [5.41, 5.74) is 8.08. The lowest BCUT2D eigenvalue weighted by Gasteiger charge is -2.19. The highest BCUT2D eigenvalue weighted by Gasteiger charge is 2.35. The molecule has 0 spiro atoms. The fourth-order valence-electron chi connectivity index (χ4n) is 4.69. The number of anilines is 1. The molecule has 0 bridgehead atoms. The van der Waals surface area contributed by atoms with Gasteiger partial charge >= 0.3 is 0 Å². The molecule has 2 heterocycles. The molecule has 0 saturated carbocycles. The van der Waals surface area contributed by atoms with Crippen molar-refractivity contribution in [3.05, 3.63) is 94.8 Å². The fraction of sp³-hybridized carbons (Fsp3) is 0.259. The number of hydrogen-bond donors (Lipinski definition) is 0. The monoisotopic (exact) mass is 409 g/mol. The molecular weight excluding hydrogens is 382 g/mol. The molecule has 4 aromatic rings. The lowest BCUT2D eigenvalue weighted by atomic mass is 10.0. The Morgan fingerprint density at radius 3 is 2.55 bits per heavy atom. The Kier molecular flexibility index (Phi) is 4.85. The van der Waals surface area contributed by atoms with Crippen LogP contribution in [0.25, 0.3) is 11.0 Å². The number of imidazole rings is 1. The smallest absolute Gasteiger partial charge is 0.227 e. The third-order valence-electron chi connectivity index (χ3n) is 6.41. The zero-order valence-corrected chi connectivity index (χ0v) is 18.3. The second-order valence-electron chi connectivity index (χ2n) is 8.67. The maximum absolute atomic E-state index is 13.0. The molecule has 0 aliphatic carbocycles. The Hall–Kier alpha value is -3.40. The van der Waals surface area contributed by atoms with Crippen LogP contribution in [-0.4, -0.2) is 22.0 Å². The van der Waals surface area contributed by atoms with E-state index < -0.39 is 0 Å². The average molecular weight is 410 g/mol. The summed E-state index contributed by atoms with van der Waals surface area (Å²) in [4.78, 5) is 19.9. The topological polar surface area (TPSA) is 38.1 Å². The summed E-state index contributed by atoms with van der Waals surface area (Å²) in [6.45, 7) is 7.78. The van der Waals surface area contributed by atoms with Gasteiger partial charge in [0.2, 0.25) is 5.91 Å². The van der Waals surface area contributed by atoms with Crippen LogP contribution in [0, 0.1) is 20.8 Å².